The SMILES string of the molecule is COC(=O)c1nn(C(=O)c2ccccc2[N+](=O)[O-])c2ccccc12. The van der Waals surface area contributed by atoms with Gasteiger partial charge in [0.1, 0.15) is 5.56 Å². The fourth-order valence-electron chi connectivity index (χ4n) is 2.40. The van der Waals surface area contributed by atoms with Crippen molar-refractivity contribution in [3.63, 3.8) is 0 Å². The van der Waals surface area contributed by atoms with Crippen LogP contribution in [0.4, 0.5) is 5.69 Å². The summed E-state index contributed by atoms with van der Waals surface area (Å²) in [7, 11) is 1.21. The summed E-state index contributed by atoms with van der Waals surface area (Å²) in [5.41, 5.74) is -0.116. The Morgan fingerprint density at radius 3 is 2.50 bits per heavy atom. The molecule has 0 aliphatic rings. The van der Waals surface area contributed by atoms with Crippen molar-refractivity contribution in [2.24, 2.45) is 0 Å². The largest absolute Gasteiger partial charge is 0.464 e. The third kappa shape index (κ3) is 2.39. The molecule has 0 saturated heterocycles. The Bertz CT molecular complexity index is 977. The summed E-state index contributed by atoms with van der Waals surface area (Å²) in [5, 5.41) is 15.6. The van der Waals surface area contributed by atoms with Gasteiger partial charge in [-0.25, -0.2) is 4.79 Å². The van der Waals surface area contributed by atoms with Crippen molar-refractivity contribution in [2.45, 2.75) is 0 Å². The average Bonchev–Trinajstić information content (AvgIpc) is 3.00. The second-order valence-electron chi connectivity index (χ2n) is 4.85. The van der Waals surface area contributed by atoms with Crippen molar-refractivity contribution in [3.05, 3.63) is 69.9 Å². The number of carbonyl (C=O) groups excluding carboxylic acids is 2. The van der Waals surface area contributed by atoms with E-state index in [9.17, 15) is 19.7 Å². The molecule has 3 rings (SSSR count). The number of nitro groups is 1. The maximum absolute atomic E-state index is 12.8. The molecule has 0 amide bonds. The standard InChI is InChI=1S/C16H11N3O5/c1-24-16(21)14-10-6-2-4-8-12(10)18(17-14)15(20)11-7-3-5-9-13(11)19(22)23/h2-9H,1H3. The molecule has 0 radical (unpaired) electrons. The van der Waals surface area contributed by atoms with E-state index in [0.717, 1.165) is 4.68 Å². The van der Waals surface area contributed by atoms with Crippen LogP contribution in [0.5, 0.6) is 0 Å². The summed E-state index contributed by atoms with van der Waals surface area (Å²) >= 11 is 0. The molecule has 0 aliphatic carbocycles. The lowest BCUT2D eigenvalue weighted by atomic mass is 10.1. The maximum atomic E-state index is 12.8. The van der Waals surface area contributed by atoms with Crippen molar-refractivity contribution in [1.82, 2.24) is 9.78 Å². The number of esters is 1. The molecule has 0 spiro atoms. The van der Waals surface area contributed by atoms with Crippen molar-refractivity contribution in [1.29, 1.82) is 0 Å². The van der Waals surface area contributed by atoms with E-state index in [1.54, 1.807) is 24.3 Å². The highest BCUT2D eigenvalue weighted by Gasteiger charge is 2.25. The van der Waals surface area contributed by atoms with Gasteiger partial charge < -0.3 is 4.74 Å². The lowest BCUT2D eigenvalue weighted by Gasteiger charge is -2.03. The predicted octanol–water partition coefficient (Wildman–Crippen LogP) is 2.42. The summed E-state index contributed by atoms with van der Waals surface area (Å²) in [4.78, 5) is 35.1. The first-order valence-electron chi connectivity index (χ1n) is 6.88. The number of aromatic nitrogens is 2. The summed E-state index contributed by atoms with van der Waals surface area (Å²) < 4.78 is 5.65. The molecule has 0 saturated carbocycles. The highest BCUT2D eigenvalue weighted by Crippen LogP contribution is 2.23. The first-order chi connectivity index (χ1) is 11.5. The molecular weight excluding hydrogens is 314 g/mol. The highest BCUT2D eigenvalue weighted by atomic mass is 16.6. The van der Waals surface area contributed by atoms with Gasteiger partial charge in [0, 0.05) is 11.5 Å². The van der Waals surface area contributed by atoms with Crippen molar-refractivity contribution in [3.8, 4) is 0 Å². The van der Waals surface area contributed by atoms with Crippen LogP contribution in [0.2, 0.25) is 0 Å². The number of benzene rings is 2. The van der Waals surface area contributed by atoms with Crippen LogP contribution in [0.25, 0.3) is 10.9 Å². The van der Waals surface area contributed by atoms with Gasteiger partial charge in [-0.3, -0.25) is 14.9 Å². The van der Waals surface area contributed by atoms with Crippen LogP contribution in [0.3, 0.4) is 0 Å². The minimum atomic E-state index is -0.700. The quantitative estimate of drug-likeness (QED) is 0.416. The fourth-order valence-corrected chi connectivity index (χ4v) is 2.40. The van der Waals surface area contributed by atoms with Gasteiger partial charge >= 0.3 is 5.97 Å². The van der Waals surface area contributed by atoms with Gasteiger partial charge in [0.05, 0.1) is 17.5 Å². The van der Waals surface area contributed by atoms with Gasteiger partial charge in [-0.15, -0.1) is 0 Å². The molecule has 0 bridgehead atoms. The van der Waals surface area contributed by atoms with Gasteiger partial charge in [0.25, 0.3) is 11.6 Å². The summed E-state index contributed by atoms with van der Waals surface area (Å²) in [6.45, 7) is 0. The van der Waals surface area contributed by atoms with Gasteiger partial charge in [-0.1, -0.05) is 30.3 Å². The predicted molar refractivity (Wildman–Crippen MR) is 83.9 cm³/mol. The monoisotopic (exact) mass is 325 g/mol. The van der Waals surface area contributed by atoms with E-state index >= 15 is 0 Å². The molecule has 8 heteroatoms. The molecule has 1 aromatic heterocycles. The molecule has 0 fully saturated rings. The van der Waals surface area contributed by atoms with Gasteiger partial charge in [-0.2, -0.15) is 9.78 Å². The molecule has 0 atom stereocenters. The van der Waals surface area contributed by atoms with Gasteiger partial charge in [-0.05, 0) is 12.1 Å². The number of hydrogen-bond donors (Lipinski definition) is 0. The number of methoxy groups -OCH3 is 1. The number of fused-ring (bicyclic) bond motifs is 1. The molecule has 0 N–H and O–H groups in total. The highest BCUT2D eigenvalue weighted by molar-refractivity contribution is 6.08. The van der Waals surface area contributed by atoms with Crippen LogP contribution in [0.15, 0.2) is 48.5 Å². The second kappa shape index (κ2) is 5.92. The molecule has 1 heterocycles. The Labute approximate surface area is 135 Å². The topological polar surface area (TPSA) is 104 Å². The molecule has 2 aromatic carbocycles. The van der Waals surface area contributed by atoms with Gasteiger partial charge in [0.2, 0.25) is 0 Å². The lowest BCUT2D eigenvalue weighted by molar-refractivity contribution is -0.385. The lowest BCUT2D eigenvalue weighted by Crippen LogP contribution is -2.16. The van der Waals surface area contributed by atoms with Gasteiger partial charge in [0.15, 0.2) is 5.69 Å². The van der Waals surface area contributed by atoms with Crippen LogP contribution in [0.1, 0.15) is 20.8 Å². The molecular formula is C16H11N3O5. The van der Waals surface area contributed by atoms with Crippen LogP contribution >= 0.6 is 0 Å². The Morgan fingerprint density at radius 1 is 1.12 bits per heavy atom. The van der Waals surface area contributed by atoms with E-state index in [-0.39, 0.29) is 16.9 Å². The van der Waals surface area contributed by atoms with E-state index in [1.807, 2.05) is 0 Å². The summed E-state index contributed by atoms with van der Waals surface area (Å²) in [6.07, 6.45) is 0. The number of para-hydroxylation sites is 2. The Morgan fingerprint density at radius 2 is 1.79 bits per heavy atom. The zero-order valence-electron chi connectivity index (χ0n) is 12.5. The maximum Gasteiger partial charge on any atom is 0.359 e. The Balaban J connectivity index is 2.22. The molecule has 24 heavy (non-hydrogen) atoms. The molecule has 0 aliphatic heterocycles. The minimum Gasteiger partial charge on any atom is -0.464 e. The number of hydrogen-bond acceptors (Lipinski definition) is 6. The van der Waals surface area contributed by atoms with E-state index in [0.29, 0.717) is 10.9 Å². The normalized spacial score (nSPS) is 10.5. The number of nitrogens with zero attached hydrogens (tertiary/aromatic N) is 3. The van der Waals surface area contributed by atoms with E-state index < -0.39 is 16.8 Å². The van der Waals surface area contributed by atoms with E-state index in [4.69, 9.17) is 0 Å². The van der Waals surface area contributed by atoms with E-state index in [2.05, 4.69) is 9.84 Å². The molecule has 3 aromatic rings. The molecule has 0 unspecified atom stereocenters. The second-order valence-corrected chi connectivity index (χ2v) is 4.85. The third-order valence-electron chi connectivity index (χ3n) is 3.49. The zero-order chi connectivity index (χ0) is 17.3. The number of carbonyl (C=O) groups is 2. The zero-order valence-corrected chi connectivity index (χ0v) is 12.5. The van der Waals surface area contributed by atoms with Crippen LogP contribution in [-0.4, -0.2) is 33.7 Å². The van der Waals surface area contributed by atoms with Crippen molar-refractivity contribution in [2.75, 3.05) is 7.11 Å². The van der Waals surface area contributed by atoms with Crippen LogP contribution < -0.4 is 0 Å². The first kappa shape index (κ1) is 15.3. The van der Waals surface area contributed by atoms with Crippen LogP contribution in [-0.2, 0) is 4.74 Å². The summed E-state index contributed by atoms with van der Waals surface area (Å²) in [5.74, 6) is -1.39. The number of nitro benzene ring substituents is 1. The first-order valence-corrected chi connectivity index (χ1v) is 6.88. The molecule has 120 valence electrons. The third-order valence-corrected chi connectivity index (χ3v) is 3.49. The van der Waals surface area contributed by atoms with Crippen LogP contribution in [0, 0.1) is 10.1 Å². The smallest absolute Gasteiger partial charge is 0.359 e. The summed E-state index contributed by atoms with van der Waals surface area (Å²) in [6, 6.07) is 12.2. The molecule has 8 nitrogen and oxygen atoms in total. The Kier molecular flexibility index (Phi) is 3.78. The average molecular weight is 325 g/mol. The van der Waals surface area contributed by atoms with Crippen molar-refractivity contribution < 1.29 is 19.2 Å². The number of ether oxygens (including phenoxy) is 1. The minimum absolute atomic E-state index is 0.0277. The Hall–Kier alpha value is -3.55. The van der Waals surface area contributed by atoms with Crippen molar-refractivity contribution >= 4 is 28.5 Å². The van der Waals surface area contributed by atoms with E-state index in [1.165, 1.54) is 31.4 Å². The fraction of sp³-hybridized carbons (Fsp3) is 0.0625. The number of rotatable bonds is 3.